The fourth-order valence-electron chi connectivity index (χ4n) is 2.16. The standard InChI is InChI=1S/C15H20N2O2/c1-3-17(4-2)15(18)19-10-9-12-11-16-14-8-6-5-7-13(12)14/h5-8,11,16H,3-4,9-10H2,1-2H3. The number of aromatic amines is 1. The summed E-state index contributed by atoms with van der Waals surface area (Å²) in [4.78, 5) is 16.6. The van der Waals surface area contributed by atoms with Gasteiger partial charge in [-0.25, -0.2) is 4.79 Å². The van der Waals surface area contributed by atoms with Crippen LogP contribution < -0.4 is 0 Å². The minimum Gasteiger partial charge on any atom is -0.449 e. The number of ether oxygens (including phenoxy) is 1. The second-order valence-electron chi connectivity index (χ2n) is 4.40. The zero-order chi connectivity index (χ0) is 13.7. The Morgan fingerprint density at radius 1 is 1.26 bits per heavy atom. The molecule has 2 aromatic rings. The van der Waals surface area contributed by atoms with Crippen molar-refractivity contribution in [1.29, 1.82) is 0 Å². The van der Waals surface area contributed by atoms with E-state index in [1.807, 2.05) is 38.2 Å². The van der Waals surface area contributed by atoms with Crippen molar-refractivity contribution < 1.29 is 9.53 Å². The van der Waals surface area contributed by atoms with Crippen molar-refractivity contribution in [3.8, 4) is 0 Å². The summed E-state index contributed by atoms with van der Waals surface area (Å²) >= 11 is 0. The van der Waals surface area contributed by atoms with E-state index >= 15 is 0 Å². The first-order valence-electron chi connectivity index (χ1n) is 6.73. The summed E-state index contributed by atoms with van der Waals surface area (Å²) in [7, 11) is 0. The van der Waals surface area contributed by atoms with Gasteiger partial charge in [0.05, 0.1) is 6.61 Å². The van der Waals surface area contributed by atoms with Crippen LogP contribution in [0.25, 0.3) is 10.9 Å². The summed E-state index contributed by atoms with van der Waals surface area (Å²) in [5, 5.41) is 1.20. The van der Waals surface area contributed by atoms with E-state index in [-0.39, 0.29) is 6.09 Å². The van der Waals surface area contributed by atoms with E-state index < -0.39 is 0 Å². The number of fused-ring (bicyclic) bond motifs is 1. The number of rotatable bonds is 5. The number of carbonyl (C=O) groups excluding carboxylic acids is 1. The van der Waals surface area contributed by atoms with E-state index in [0.717, 1.165) is 11.9 Å². The molecule has 0 spiro atoms. The highest BCUT2D eigenvalue weighted by atomic mass is 16.6. The van der Waals surface area contributed by atoms with Crippen LogP contribution in [0.2, 0.25) is 0 Å². The molecular weight excluding hydrogens is 240 g/mol. The molecule has 0 radical (unpaired) electrons. The summed E-state index contributed by atoms with van der Waals surface area (Å²) in [5.74, 6) is 0. The van der Waals surface area contributed by atoms with E-state index in [2.05, 4.69) is 11.1 Å². The fourth-order valence-corrected chi connectivity index (χ4v) is 2.16. The van der Waals surface area contributed by atoms with Crippen molar-refractivity contribution in [1.82, 2.24) is 9.88 Å². The molecule has 1 amide bonds. The van der Waals surface area contributed by atoms with Crippen LogP contribution in [-0.2, 0) is 11.2 Å². The van der Waals surface area contributed by atoms with Gasteiger partial charge in [-0.3, -0.25) is 0 Å². The molecule has 2 rings (SSSR count). The van der Waals surface area contributed by atoms with Crippen LogP contribution in [0.3, 0.4) is 0 Å². The first kappa shape index (κ1) is 13.5. The van der Waals surface area contributed by atoms with Gasteiger partial charge in [-0.1, -0.05) is 18.2 Å². The minimum atomic E-state index is -0.232. The summed E-state index contributed by atoms with van der Waals surface area (Å²) in [6.45, 7) is 5.68. The van der Waals surface area contributed by atoms with Gasteiger partial charge in [0.15, 0.2) is 0 Å². The molecule has 4 nitrogen and oxygen atoms in total. The molecule has 102 valence electrons. The van der Waals surface area contributed by atoms with E-state index in [1.54, 1.807) is 4.90 Å². The Bertz CT molecular complexity index is 544. The van der Waals surface area contributed by atoms with E-state index in [4.69, 9.17) is 4.74 Å². The van der Waals surface area contributed by atoms with Gasteiger partial charge in [-0.2, -0.15) is 0 Å². The molecule has 0 unspecified atom stereocenters. The van der Waals surface area contributed by atoms with Gasteiger partial charge in [0.2, 0.25) is 0 Å². The first-order valence-corrected chi connectivity index (χ1v) is 6.73. The molecule has 19 heavy (non-hydrogen) atoms. The Hall–Kier alpha value is -1.97. The number of amides is 1. The molecule has 0 saturated heterocycles. The quantitative estimate of drug-likeness (QED) is 0.897. The second kappa shape index (κ2) is 6.27. The van der Waals surface area contributed by atoms with Gasteiger partial charge in [-0.15, -0.1) is 0 Å². The zero-order valence-electron chi connectivity index (χ0n) is 11.5. The lowest BCUT2D eigenvalue weighted by Gasteiger charge is -2.17. The monoisotopic (exact) mass is 260 g/mol. The Balaban J connectivity index is 1.91. The molecule has 1 aromatic carbocycles. The van der Waals surface area contributed by atoms with Crippen molar-refractivity contribution in [3.05, 3.63) is 36.0 Å². The van der Waals surface area contributed by atoms with Crippen LogP contribution >= 0.6 is 0 Å². The molecule has 0 aliphatic rings. The van der Waals surface area contributed by atoms with Gasteiger partial charge in [0, 0.05) is 36.6 Å². The number of hydrogen-bond acceptors (Lipinski definition) is 2. The molecular formula is C15H20N2O2. The molecule has 0 atom stereocenters. The van der Waals surface area contributed by atoms with Crippen LogP contribution in [0.4, 0.5) is 4.79 Å². The van der Waals surface area contributed by atoms with Gasteiger partial charge in [-0.05, 0) is 25.5 Å². The molecule has 1 heterocycles. The normalized spacial score (nSPS) is 10.6. The van der Waals surface area contributed by atoms with Crippen LogP contribution in [0, 0.1) is 0 Å². The molecule has 0 saturated carbocycles. The van der Waals surface area contributed by atoms with Gasteiger partial charge >= 0.3 is 6.09 Å². The zero-order valence-corrected chi connectivity index (χ0v) is 11.5. The number of nitrogens with one attached hydrogen (secondary N) is 1. The number of nitrogens with zero attached hydrogens (tertiary/aromatic N) is 1. The molecule has 0 aliphatic heterocycles. The van der Waals surface area contributed by atoms with Crippen molar-refractivity contribution in [2.75, 3.05) is 19.7 Å². The highest BCUT2D eigenvalue weighted by molar-refractivity contribution is 5.83. The van der Waals surface area contributed by atoms with Crippen LogP contribution in [0.5, 0.6) is 0 Å². The summed E-state index contributed by atoms with van der Waals surface area (Å²) in [5.41, 5.74) is 2.30. The fraction of sp³-hybridized carbons (Fsp3) is 0.400. The van der Waals surface area contributed by atoms with E-state index in [1.165, 1.54) is 10.9 Å². The smallest absolute Gasteiger partial charge is 0.409 e. The van der Waals surface area contributed by atoms with E-state index in [9.17, 15) is 4.79 Å². The number of H-pyrrole nitrogens is 1. The van der Waals surface area contributed by atoms with Crippen LogP contribution in [0.1, 0.15) is 19.4 Å². The van der Waals surface area contributed by atoms with Gasteiger partial charge in [0.25, 0.3) is 0 Å². The largest absolute Gasteiger partial charge is 0.449 e. The van der Waals surface area contributed by atoms with E-state index in [0.29, 0.717) is 19.7 Å². The first-order chi connectivity index (χ1) is 9.26. The average Bonchev–Trinajstić information content (AvgIpc) is 2.84. The third kappa shape index (κ3) is 3.08. The topological polar surface area (TPSA) is 45.3 Å². The van der Waals surface area contributed by atoms with Crippen molar-refractivity contribution in [2.45, 2.75) is 20.3 Å². The van der Waals surface area contributed by atoms with Crippen molar-refractivity contribution in [2.24, 2.45) is 0 Å². The maximum Gasteiger partial charge on any atom is 0.409 e. The third-order valence-electron chi connectivity index (χ3n) is 3.29. The number of carbonyl (C=O) groups is 1. The number of para-hydroxylation sites is 1. The molecule has 0 aliphatic carbocycles. The predicted octanol–water partition coefficient (Wildman–Crippen LogP) is 3.19. The van der Waals surface area contributed by atoms with Crippen LogP contribution in [0.15, 0.2) is 30.5 Å². The second-order valence-corrected chi connectivity index (χ2v) is 4.40. The molecule has 1 aromatic heterocycles. The number of aromatic nitrogens is 1. The molecule has 0 fully saturated rings. The molecule has 4 heteroatoms. The highest BCUT2D eigenvalue weighted by Gasteiger charge is 2.10. The lowest BCUT2D eigenvalue weighted by molar-refractivity contribution is 0.107. The van der Waals surface area contributed by atoms with Crippen molar-refractivity contribution in [3.63, 3.8) is 0 Å². The third-order valence-corrected chi connectivity index (χ3v) is 3.29. The maximum atomic E-state index is 11.7. The minimum absolute atomic E-state index is 0.232. The summed E-state index contributed by atoms with van der Waals surface area (Å²) in [6.07, 6.45) is 2.48. The number of benzene rings is 1. The Morgan fingerprint density at radius 3 is 2.74 bits per heavy atom. The molecule has 0 bridgehead atoms. The van der Waals surface area contributed by atoms with Gasteiger partial charge < -0.3 is 14.6 Å². The SMILES string of the molecule is CCN(CC)C(=O)OCCc1c[nH]c2ccccc12. The van der Waals surface area contributed by atoms with Crippen molar-refractivity contribution >= 4 is 17.0 Å². The predicted molar refractivity (Wildman–Crippen MR) is 76.3 cm³/mol. The Labute approximate surface area is 113 Å². The number of hydrogen-bond donors (Lipinski definition) is 1. The lowest BCUT2D eigenvalue weighted by atomic mass is 10.1. The maximum absolute atomic E-state index is 11.7. The Morgan fingerprint density at radius 2 is 2.00 bits per heavy atom. The molecule has 1 N–H and O–H groups in total. The Kier molecular flexibility index (Phi) is 4.44. The lowest BCUT2D eigenvalue weighted by Crippen LogP contribution is -2.31. The van der Waals surface area contributed by atoms with Crippen LogP contribution in [-0.4, -0.2) is 35.7 Å². The summed E-state index contributed by atoms with van der Waals surface area (Å²) < 4.78 is 5.28. The highest BCUT2D eigenvalue weighted by Crippen LogP contribution is 2.18. The average molecular weight is 260 g/mol. The summed E-state index contributed by atoms with van der Waals surface area (Å²) in [6, 6.07) is 8.14. The van der Waals surface area contributed by atoms with Gasteiger partial charge in [0.1, 0.15) is 0 Å².